The van der Waals surface area contributed by atoms with Crippen LogP contribution in [-0.2, 0) is 4.79 Å². The summed E-state index contributed by atoms with van der Waals surface area (Å²) in [6.07, 6.45) is 1.24. The summed E-state index contributed by atoms with van der Waals surface area (Å²) in [5.74, 6) is 0.943. The van der Waals surface area contributed by atoms with Gasteiger partial charge in [-0.3, -0.25) is 4.79 Å². The van der Waals surface area contributed by atoms with E-state index < -0.39 is 0 Å². The second-order valence-electron chi connectivity index (χ2n) is 6.48. The van der Waals surface area contributed by atoms with Gasteiger partial charge in [0.05, 0.1) is 17.6 Å². The van der Waals surface area contributed by atoms with E-state index in [1.165, 1.54) is 0 Å². The number of benzene rings is 1. The van der Waals surface area contributed by atoms with Crippen LogP contribution in [0.3, 0.4) is 0 Å². The molecule has 5 heteroatoms. The molecular formula is C16H23BrN2O2. The van der Waals surface area contributed by atoms with Crippen molar-refractivity contribution < 1.29 is 9.53 Å². The molecule has 2 atom stereocenters. The molecule has 0 spiro atoms. The molecule has 2 unspecified atom stereocenters. The van der Waals surface area contributed by atoms with E-state index in [0.29, 0.717) is 6.42 Å². The summed E-state index contributed by atoms with van der Waals surface area (Å²) in [6, 6.07) is 5.74. The molecule has 1 aliphatic rings. The summed E-state index contributed by atoms with van der Waals surface area (Å²) in [5, 5.41) is 0. The molecule has 2 rings (SSSR count). The Balaban J connectivity index is 2.46. The number of carbonyl (C=O) groups excluding carboxylic acids is 1. The highest BCUT2D eigenvalue weighted by Crippen LogP contribution is 2.38. The fraction of sp³-hybridized carbons (Fsp3) is 0.562. The number of methoxy groups -OCH3 is 1. The Hall–Kier alpha value is -1.07. The average Bonchev–Trinajstić information content (AvgIpc) is 2.39. The van der Waals surface area contributed by atoms with Crippen molar-refractivity contribution in [2.75, 3.05) is 7.11 Å². The minimum atomic E-state index is -0.258. The SMILES string of the molecule is COc1ccc(C2C(N)CCC(=O)N2C(C)(C)C)cc1Br. The van der Waals surface area contributed by atoms with Crippen molar-refractivity contribution in [3.8, 4) is 5.75 Å². The third kappa shape index (κ3) is 3.24. The highest BCUT2D eigenvalue weighted by atomic mass is 79.9. The predicted molar refractivity (Wildman–Crippen MR) is 87.2 cm³/mol. The third-order valence-corrected chi connectivity index (χ3v) is 4.50. The highest BCUT2D eigenvalue weighted by Gasteiger charge is 2.40. The number of halogens is 1. The van der Waals surface area contributed by atoms with Crippen molar-refractivity contribution in [1.82, 2.24) is 4.90 Å². The molecule has 4 nitrogen and oxygen atoms in total. The van der Waals surface area contributed by atoms with Gasteiger partial charge in [-0.25, -0.2) is 0 Å². The van der Waals surface area contributed by atoms with E-state index in [-0.39, 0.29) is 23.5 Å². The van der Waals surface area contributed by atoms with Gasteiger partial charge < -0.3 is 15.4 Å². The highest BCUT2D eigenvalue weighted by molar-refractivity contribution is 9.10. The number of hydrogen-bond acceptors (Lipinski definition) is 3. The summed E-state index contributed by atoms with van der Waals surface area (Å²) in [7, 11) is 1.64. The number of nitrogens with two attached hydrogens (primary N) is 1. The third-order valence-electron chi connectivity index (χ3n) is 3.88. The lowest BCUT2D eigenvalue weighted by atomic mass is 9.86. The largest absolute Gasteiger partial charge is 0.496 e. The summed E-state index contributed by atoms with van der Waals surface area (Å²) in [4.78, 5) is 14.3. The van der Waals surface area contributed by atoms with Crippen molar-refractivity contribution in [1.29, 1.82) is 0 Å². The number of carbonyl (C=O) groups is 1. The van der Waals surface area contributed by atoms with E-state index in [4.69, 9.17) is 10.5 Å². The first kappa shape index (κ1) is 16.3. The number of rotatable bonds is 2. The second kappa shape index (κ2) is 5.97. The molecule has 1 aromatic rings. The van der Waals surface area contributed by atoms with E-state index in [1.54, 1.807) is 7.11 Å². The van der Waals surface area contributed by atoms with Crippen molar-refractivity contribution >= 4 is 21.8 Å². The second-order valence-corrected chi connectivity index (χ2v) is 7.33. The minimum Gasteiger partial charge on any atom is -0.496 e. The Morgan fingerprint density at radius 1 is 1.38 bits per heavy atom. The first-order chi connectivity index (χ1) is 9.75. The smallest absolute Gasteiger partial charge is 0.223 e. The molecule has 1 fully saturated rings. The van der Waals surface area contributed by atoms with Crippen LogP contribution in [0.1, 0.15) is 45.2 Å². The zero-order valence-corrected chi connectivity index (χ0v) is 14.6. The molecule has 0 aliphatic carbocycles. The lowest BCUT2D eigenvalue weighted by Gasteiger charge is -2.47. The summed E-state index contributed by atoms with van der Waals surface area (Å²) >= 11 is 3.51. The quantitative estimate of drug-likeness (QED) is 0.886. The number of amides is 1. The van der Waals surface area contributed by atoms with E-state index in [1.807, 2.05) is 23.1 Å². The molecule has 1 heterocycles. The average molecular weight is 355 g/mol. The van der Waals surface area contributed by atoms with E-state index in [2.05, 4.69) is 36.7 Å². The predicted octanol–water partition coefficient (Wildman–Crippen LogP) is 3.25. The molecule has 21 heavy (non-hydrogen) atoms. The van der Waals surface area contributed by atoms with Gasteiger partial charge in [-0.2, -0.15) is 0 Å². The molecule has 0 bridgehead atoms. The fourth-order valence-electron chi connectivity index (χ4n) is 2.97. The van der Waals surface area contributed by atoms with Crippen LogP contribution in [0.25, 0.3) is 0 Å². The van der Waals surface area contributed by atoms with Gasteiger partial charge in [0.1, 0.15) is 5.75 Å². The molecule has 1 saturated heterocycles. The molecule has 0 saturated carbocycles. The molecule has 1 aliphatic heterocycles. The van der Waals surface area contributed by atoms with Crippen molar-refractivity contribution in [2.24, 2.45) is 5.73 Å². The molecule has 0 radical (unpaired) electrons. The van der Waals surface area contributed by atoms with Crippen molar-refractivity contribution in [2.45, 2.75) is 51.2 Å². The number of hydrogen-bond donors (Lipinski definition) is 1. The van der Waals surface area contributed by atoms with Gasteiger partial charge in [-0.15, -0.1) is 0 Å². The van der Waals surface area contributed by atoms with Gasteiger partial charge >= 0.3 is 0 Å². The Labute approximate surface area is 134 Å². The Morgan fingerprint density at radius 3 is 2.57 bits per heavy atom. The van der Waals surface area contributed by atoms with Crippen molar-refractivity contribution in [3.05, 3.63) is 28.2 Å². The zero-order valence-electron chi connectivity index (χ0n) is 13.0. The maximum Gasteiger partial charge on any atom is 0.223 e. The Morgan fingerprint density at radius 2 is 2.05 bits per heavy atom. The molecule has 1 aromatic carbocycles. The number of piperidine rings is 1. The Kier molecular flexibility index (Phi) is 4.63. The first-order valence-electron chi connectivity index (χ1n) is 7.17. The maximum atomic E-state index is 12.4. The molecule has 1 amide bonds. The minimum absolute atomic E-state index is 0.0535. The fourth-order valence-corrected chi connectivity index (χ4v) is 3.53. The van der Waals surface area contributed by atoms with Gasteiger partial charge in [0.2, 0.25) is 5.91 Å². The first-order valence-corrected chi connectivity index (χ1v) is 7.96. The van der Waals surface area contributed by atoms with E-state index in [9.17, 15) is 4.79 Å². The standard InChI is InChI=1S/C16H23BrN2O2/c1-16(2,3)19-14(20)8-6-12(18)15(19)10-5-7-13(21-4)11(17)9-10/h5,7,9,12,15H,6,8,18H2,1-4H3. The summed E-state index contributed by atoms with van der Waals surface area (Å²) < 4.78 is 6.15. The van der Waals surface area contributed by atoms with E-state index >= 15 is 0 Å². The summed E-state index contributed by atoms with van der Waals surface area (Å²) in [6.45, 7) is 6.15. The number of ether oxygens (including phenoxy) is 1. The lowest BCUT2D eigenvalue weighted by molar-refractivity contribution is -0.144. The topological polar surface area (TPSA) is 55.6 Å². The van der Waals surface area contributed by atoms with Crippen LogP contribution in [-0.4, -0.2) is 29.5 Å². The van der Waals surface area contributed by atoms with Gasteiger partial charge in [-0.1, -0.05) is 6.07 Å². The number of nitrogens with zero attached hydrogens (tertiary/aromatic N) is 1. The van der Waals surface area contributed by atoms with E-state index in [0.717, 1.165) is 22.2 Å². The van der Waals surface area contributed by atoms with Crippen LogP contribution < -0.4 is 10.5 Å². The molecule has 116 valence electrons. The van der Waals surface area contributed by atoms with Gasteiger partial charge in [0.15, 0.2) is 0 Å². The van der Waals surface area contributed by atoms with Crippen LogP contribution in [0.5, 0.6) is 5.75 Å². The molecule has 0 aromatic heterocycles. The maximum absolute atomic E-state index is 12.4. The van der Waals surface area contributed by atoms with Gasteiger partial charge in [0, 0.05) is 18.0 Å². The monoisotopic (exact) mass is 354 g/mol. The lowest BCUT2D eigenvalue weighted by Crippen LogP contribution is -2.56. The Bertz CT molecular complexity index is 540. The van der Waals surface area contributed by atoms with Crippen LogP contribution >= 0.6 is 15.9 Å². The molecule has 2 N–H and O–H groups in total. The van der Waals surface area contributed by atoms with Crippen molar-refractivity contribution in [3.63, 3.8) is 0 Å². The van der Waals surface area contributed by atoms with Crippen LogP contribution in [0, 0.1) is 0 Å². The zero-order chi connectivity index (χ0) is 15.8. The van der Waals surface area contributed by atoms with Crippen LogP contribution in [0.15, 0.2) is 22.7 Å². The van der Waals surface area contributed by atoms with Crippen LogP contribution in [0.2, 0.25) is 0 Å². The summed E-state index contributed by atoms with van der Waals surface area (Å²) in [5.41, 5.74) is 7.12. The van der Waals surface area contributed by atoms with Crippen LogP contribution in [0.4, 0.5) is 0 Å². The van der Waals surface area contributed by atoms with Gasteiger partial charge in [-0.05, 0) is 60.8 Å². The van der Waals surface area contributed by atoms with Gasteiger partial charge in [0.25, 0.3) is 0 Å². The molecular weight excluding hydrogens is 332 g/mol. The normalized spacial score (nSPS) is 23.3. The number of likely N-dealkylation sites (tertiary alicyclic amines) is 1.